The van der Waals surface area contributed by atoms with Gasteiger partial charge in [0, 0.05) is 76.1 Å². The summed E-state index contributed by atoms with van der Waals surface area (Å²) >= 11 is 1.86. The molecule has 13 aromatic rings. The lowest BCUT2D eigenvalue weighted by molar-refractivity contribution is 0.669. The molecule has 0 aliphatic carbocycles. The first-order chi connectivity index (χ1) is 31.7. The third kappa shape index (κ3) is 5.88. The van der Waals surface area contributed by atoms with Crippen molar-refractivity contribution >= 4 is 92.3 Å². The molecule has 0 saturated heterocycles. The maximum atomic E-state index is 6.71. The van der Waals surface area contributed by atoms with Gasteiger partial charge in [-0.2, -0.15) is 0 Å². The standard InChI is InChI=1S/C60H38N2OS/c1-4-14-41(15-5-1)58-59-49-34-28-43(42-29-35-57-51(36-42)48-20-11-13-23-56(48)64-57)37-52(49)62(53(59)38-55-60(58)50-21-10-12-22-54(50)63-55)47-32-26-40(27-33-47)39-24-30-46(31-25-39)61(44-16-6-2-7-17-44)45-18-8-3-9-19-45/h1-38H. The molecule has 13 rings (SSSR count). The van der Waals surface area contributed by atoms with Crippen molar-refractivity contribution in [3.05, 3.63) is 231 Å². The highest BCUT2D eigenvalue weighted by molar-refractivity contribution is 7.25. The highest BCUT2D eigenvalue weighted by atomic mass is 32.1. The van der Waals surface area contributed by atoms with Crippen LogP contribution < -0.4 is 4.90 Å². The third-order valence-electron chi connectivity index (χ3n) is 12.8. The molecule has 3 nitrogen and oxygen atoms in total. The van der Waals surface area contributed by atoms with E-state index in [0.29, 0.717) is 0 Å². The predicted octanol–water partition coefficient (Wildman–Crippen LogP) is 17.5. The van der Waals surface area contributed by atoms with E-state index in [1.54, 1.807) is 0 Å². The second kappa shape index (κ2) is 14.7. The normalized spacial score (nSPS) is 11.8. The van der Waals surface area contributed by atoms with Gasteiger partial charge in [0.2, 0.25) is 0 Å². The smallest absolute Gasteiger partial charge is 0.138 e. The second-order valence-corrected chi connectivity index (χ2v) is 17.5. The molecule has 0 amide bonds. The van der Waals surface area contributed by atoms with Crippen molar-refractivity contribution in [2.24, 2.45) is 0 Å². The second-order valence-electron chi connectivity index (χ2n) is 16.5. The van der Waals surface area contributed by atoms with Crippen LogP contribution in [0.3, 0.4) is 0 Å². The van der Waals surface area contributed by atoms with Crippen molar-refractivity contribution in [1.82, 2.24) is 4.57 Å². The topological polar surface area (TPSA) is 21.3 Å². The number of anilines is 3. The van der Waals surface area contributed by atoms with E-state index in [1.807, 2.05) is 11.3 Å². The first-order valence-corrected chi connectivity index (χ1v) is 22.6. The van der Waals surface area contributed by atoms with Crippen LogP contribution in [0.15, 0.2) is 235 Å². The quantitative estimate of drug-likeness (QED) is 0.159. The number of benzene rings is 10. The summed E-state index contributed by atoms with van der Waals surface area (Å²) in [5, 5.41) is 7.29. The average Bonchev–Trinajstić information content (AvgIpc) is 4.03. The van der Waals surface area contributed by atoms with Crippen LogP contribution in [0.1, 0.15) is 0 Å². The zero-order valence-corrected chi connectivity index (χ0v) is 35.5. The summed E-state index contributed by atoms with van der Waals surface area (Å²) in [4.78, 5) is 2.30. The number of hydrogen-bond acceptors (Lipinski definition) is 3. The fraction of sp³-hybridized carbons (Fsp3) is 0. The fourth-order valence-electron chi connectivity index (χ4n) is 9.84. The Labute approximate surface area is 373 Å². The van der Waals surface area contributed by atoms with E-state index in [4.69, 9.17) is 4.42 Å². The molecule has 0 spiro atoms. The van der Waals surface area contributed by atoms with Gasteiger partial charge in [0.25, 0.3) is 0 Å². The molecule has 4 heteroatoms. The Morgan fingerprint density at radius 1 is 0.344 bits per heavy atom. The minimum absolute atomic E-state index is 0.878. The number of aromatic nitrogens is 1. The number of hydrogen-bond donors (Lipinski definition) is 0. The zero-order chi connectivity index (χ0) is 42.1. The Morgan fingerprint density at radius 2 is 0.906 bits per heavy atom. The lowest BCUT2D eigenvalue weighted by Gasteiger charge is -2.25. The van der Waals surface area contributed by atoms with Gasteiger partial charge >= 0.3 is 0 Å². The summed E-state index contributed by atoms with van der Waals surface area (Å²) in [6, 6.07) is 83.3. The first-order valence-electron chi connectivity index (χ1n) is 21.7. The van der Waals surface area contributed by atoms with Crippen LogP contribution in [0.25, 0.3) is 103 Å². The monoisotopic (exact) mass is 834 g/mol. The van der Waals surface area contributed by atoms with Crippen LogP contribution in [-0.4, -0.2) is 4.57 Å². The van der Waals surface area contributed by atoms with Gasteiger partial charge in [-0.25, -0.2) is 0 Å². The summed E-state index contributed by atoms with van der Waals surface area (Å²) in [6.45, 7) is 0. The lowest BCUT2D eigenvalue weighted by atomic mass is 9.94. The number of nitrogens with zero attached hydrogens (tertiary/aromatic N) is 2. The SMILES string of the molecule is c1ccc(-c2c3c(cc4c2c2ccc(-c5ccc6sc7ccccc7c6c5)cc2n4-c2ccc(-c4ccc(N(c5ccccc5)c5ccccc5)cc4)cc2)oc2ccccc23)cc1. The maximum Gasteiger partial charge on any atom is 0.138 e. The summed E-state index contributed by atoms with van der Waals surface area (Å²) in [7, 11) is 0. The summed E-state index contributed by atoms with van der Waals surface area (Å²) in [6.07, 6.45) is 0. The predicted molar refractivity (Wildman–Crippen MR) is 272 cm³/mol. The van der Waals surface area contributed by atoms with E-state index in [9.17, 15) is 0 Å². The summed E-state index contributed by atoms with van der Waals surface area (Å²) in [5.41, 5.74) is 15.5. The molecule has 10 aromatic carbocycles. The molecule has 0 bridgehead atoms. The van der Waals surface area contributed by atoms with E-state index in [2.05, 4.69) is 240 Å². The van der Waals surface area contributed by atoms with Crippen molar-refractivity contribution < 1.29 is 4.42 Å². The maximum absolute atomic E-state index is 6.71. The molecule has 0 N–H and O–H groups in total. The van der Waals surface area contributed by atoms with Crippen molar-refractivity contribution in [3.63, 3.8) is 0 Å². The molecule has 3 aromatic heterocycles. The molecular weight excluding hydrogens is 797 g/mol. The van der Waals surface area contributed by atoms with Crippen molar-refractivity contribution in [2.45, 2.75) is 0 Å². The molecule has 300 valence electrons. The molecule has 0 unspecified atom stereocenters. The Kier molecular flexibility index (Phi) is 8.40. The molecule has 0 fully saturated rings. The fourth-order valence-corrected chi connectivity index (χ4v) is 10.9. The van der Waals surface area contributed by atoms with Crippen LogP contribution in [0.4, 0.5) is 17.1 Å². The molecule has 3 heterocycles. The molecular formula is C60H38N2OS. The van der Waals surface area contributed by atoms with Gasteiger partial charge in [-0.3, -0.25) is 0 Å². The third-order valence-corrected chi connectivity index (χ3v) is 13.9. The van der Waals surface area contributed by atoms with E-state index >= 15 is 0 Å². The molecule has 0 atom stereocenters. The highest BCUT2D eigenvalue weighted by Crippen LogP contribution is 2.47. The average molecular weight is 835 g/mol. The van der Waals surface area contributed by atoms with Crippen LogP contribution in [0, 0.1) is 0 Å². The Bertz CT molecular complexity index is 3830. The van der Waals surface area contributed by atoms with Crippen LogP contribution in [-0.2, 0) is 0 Å². The summed E-state index contributed by atoms with van der Waals surface area (Å²) < 4.78 is 11.8. The molecule has 0 radical (unpaired) electrons. The largest absolute Gasteiger partial charge is 0.456 e. The van der Waals surface area contributed by atoms with Crippen molar-refractivity contribution in [1.29, 1.82) is 0 Å². The highest BCUT2D eigenvalue weighted by Gasteiger charge is 2.23. The zero-order valence-electron chi connectivity index (χ0n) is 34.7. The van der Waals surface area contributed by atoms with E-state index in [1.165, 1.54) is 53.2 Å². The Hall–Kier alpha value is -8.18. The minimum atomic E-state index is 0.878. The number of thiophene rings is 1. The van der Waals surface area contributed by atoms with Crippen LogP contribution >= 0.6 is 11.3 Å². The molecule has 0 aliphatic heterocycles. The van der Waals surface area contributed by atoms with Gasteiger partial charge in [-0.05, 0) is 107 Å². The number of rotatable bonds is 7. The van der Waals surface area contributed by atoms with E-state index in [-0.39, 0.29) is 0 Å². The van der Waals surface area contributed by atoms with Crippen LogP contribution in [0.2, 0.25) is 0 Å². The molecule has 0 aliphatic rings. The van der Waals surface area contributed by atoms with Gasteiger partial charge in [-0.15, -0.1) is 11.3 Å². The first kappa shape index (κ1) is 36.5. The number of furan rings is 1. The van der Waals surface area contributed by atoms with Gasteiger partial charge < -0.3 is 13.9 Å². The van der Waals surface area contributed by atoms with E-state index < -0.39 is 0 Å². The van der Waals surface area contributed by atoms with Gasteiger partial charge in [0.1, 0.15) is 11.2 Å². The van der Waals surface area contributed by atoms with E-state index in [0.717, 1.165) is 66.8 Å². The number of fused-ring (bicyclic) bond motifs is 9. The van der Waals surface area contributed by atoms with Gasteiger partial charge in [0.05, 0.1) is 11.0 Å². The molecule has 64 heavy (non-hydrogen) atoms. The minimum Gasteiger partial charge on any atom is -0.456 e. The van der Waals surface area contributed by atoms with Gasteiger partial charge in [0.15, 0.2) is 0 Å². The van der Waals surface area contributed by atoms with Crippen molar-refractivity contribution in [2.75, 3.05) is 4.90 Å². The molecule has 0 saturated carbocycles. The lowest BCUT2D eigenvalue weighted by Crippen LogP contribution is -2.09. The Morgan fingerprint density at radius 3 is 1.64 bits per heavy atom. The number of para-hydroxylation sites is 3. The summed E-state index contributed by atoms with van der Waals surface area (Å²) in [5.74, 6) is 0. The van der Waals surface area contributed by atoms with Crippen LogP contribution in [0.5, 0.6) is 0 Å². The Balaban J connectivity index is 0.994. The van der Waals surface area contributed by atoms with Gasteiger partial charge in [-0.1, -0.05) is 146 Å². The van der Waals surface area contributed by atoms with Crippen molar-refractivity contribution in [3.8, 4) is 39.1 Å².